The minimum absolute atomic E-state index is 0.0814. The number of benzene rings is 3. The number of carbonyl (C=O) groups is 3. The number of anilines is 3. The van der Waals surface area contributed by atoms with Crippen molar-refractivity contribution in [3.63, 3.8) is 0 Å². The number of para-hydroxylation sites is 1. The van der Waals surface area contributed by atoms with Gasteiger partial charge in [0.1, 0.15) is 5.75 Å². The molecular formula is C31H36N4O6. The van der Waals surface area contributed by atoms with Crippen molar-refractivity contribution in [3.05, 3.63) is 83.9 Å². The Morgan fingerprint density at radius 2 is 1.61 bits per heavy atom. The van der Waals surface area contributed by atoms with Crippen LogP contribution in [-0.4, -0.2) is 51.0 Å². The molecule has 1 heterocycles. The minimum Gasteiger partial charge on any atom is -0.497 e. The Labute approximate surface area is 240 Å². The predicted molar refractivity (Wildman–Crippen MR) is 157 cm³/mol. The number of nitrogens with one attached hydrogen (secondary N) is 3. The molecule has 0 saturated heterocycles. The molecule has 216 valence electrons. The first-order chi connectivity index (χ1) is 19.8. The second-order valence-electron chi connectivity index (χ2n) is 9.58. The topological polar surface area (TPSA) is 118 Å². The third kappa shape index (κ3) is 6.85. The first-order valence-corrected chi connectivity index (χ1v) is 13.5. The highest BCUT2D eigenvalue weighted by molar-refractivity contribution is 6.12. The zero-order valence-electron chi connectivity index (χ0n) is 23.7. The van der Waals surface area contributed by atoms with Gasteiger partial charge in [0, 0.05) is 36.2 Å². The number of rotatable bonds is 12. The monoisotopic (exact) mass is 560 g/mol. The van der Waals surface area contributed by atoms with E-state index in [0.29, 0.717) is 41.6 Å². The van der Waals surface area contributed by atoms with Gasteiger partial charge in [0.05, 0.1) is 25.8 Å². The van der Waals surface area contributed by atoms with Crippen LogP contribution in [0.5, 0.6) is 5.75 Å². The normalized spacial score (nSPS) is 15.9. The maximum atomic E-state index is 14.3. The predicted octanol–water partition coefficient (Wildman–Crippen LogP) is 4.80. The van der Waals surface area contributed by atoms with Gasteiger partial charge in [-0.15, -0.1) is 0 Å². The van der Waals surface area contributed by atoms with E-state index in [9.17, 15) is 14.4 Å². The molecule has 10 heteroatoms. The Bertz CT molecular complexity index is 1370. The first-order valence-electron chi connectivity index (χ1n) is 13.5. The van der Waals surface area contributed by atoms with Crippen molar-refractivity contribution >= 4 is 34.9 Å². The molecule has 0 radical (unpaired) electrons. The highest BCUT2D eigenvalue weighted by Gasteiger charge is 2.53. The molecule has 0 unspecified atom stereocenters. The molecule has 4 amide bonds. The summed E-state index contributed by atoms with van der Waals surface area (Å²) in [7, 11) is 1.53. The third-order valence-corrected chi connectivity index (χ3v) is 6.72. The Morgan fingerprint density at radius 3 is 2.29 bits per heavy atom. The summed E-state index contributed by atoms with van der Waals surface area (Å²) in [5, 5.41) is 8.48. The van der Waals surface area contributed by atoms with Crippen LogP contribution in [0.15, 0.2) is 72.8 Å². The van der Waals surface area contributed by atoms with E-state index in [2.05, 4.69) is 16.0 Å². The first kappa shape index (κ1) is 29.6. The van der Waals surface area contributed by atoms with E-state index in [1.165, 1.54) is 12.0 Å². The summed E-state index contributed by atoms with van der Waals surface area (Å²) in [5.74, 6) is -0.368. The van der Waals surface area contributed by atoms with Crippen LogP contribution in [0.25, 0.3) is 0 Å². The molecule has 0 spiro atoms. The molecule has 0 aliphatic carbocycles. The molecule has 1 aliphatic rings. The molecule has 3 aromatic rings. The van der Waals surface area contributed by atoms with Gasteiger partial charge in [-0.1, -0.05) is 42.0 Å². The summed E-state index contributed by atoms with van der Waals surface area (Å²) in [5.41, 5.74) is 1.44. The number of hydrogen-bond donors (Lipinski definition) is 3. The molecule has 1 aliphatic heterocycles. The van der Waals surface area contributed by atoms with E-state index in [1.807, 2.05) is 32.9 Å². The third-order valence-electron chi connectivity index (χ3n) is 6.72. The van der Waals surface area contributed by atoms with Crippen LogP contribution in [0.2, 0.25) is 0 Å². The molecule has 0 fully saturated rings. The van der Waals surface area contributed by atoms with E-state index in [1.54, 1.807) is 60.7 Å². The number of hydrogen-bond acceptors (Lipinski definition) is 6. The fourth-order valence-corrected chi connectivity index (χ4v) is 4.86. The maximum Gasteiger partial charge on any atom is 0.320 e. The summed E-state index contributed by atoms with van der Waals surface area (Å²) >= 11 is 0. The summed E-state index contributed by atoms with van der Waals surface area (Å²) in [6, 6.07) is 20.6. The minimum atomic E-state index is -1.70. The van der Waals surface area contributed by atoms with Gasteiger partial charge in [-0.25, -0.2) is 4.79 Å². The molecule has 0 saturated carbocycles. The SMILES string of the molecule is CCOC(CN1C(=O)[C@@](CC(=O)Nc2cccc(OC)c2)(NC(=O)Nc2ccc(C)cc2)c2ccccc21)OCC. The number of methoxy groups -OCH3 is 1. The lowest BCUT2D eigenvalue weighted by molar-refractivity contribution is -0.138. The lowest BCUT2D eigenvalue weighted by Crippen LogP contribution is -2.56. The molecule has 41 heavy (non-hydrogen) atoms. The van der Waals surface area contributed by atoms with Crippen LogP contribution in [0, 0.1) is 6.92 Å². The Hall–Kier alpha value is -4.41. The number of aryl methyl sites for hydroxylation is 1. The summed E-state index contributed by atoms with van der Waals surface area (Å²) in [6.07, 6.45) is -1.05. The second-order valence-corrected chi connectivity index (χ2v) is 9.58. The number of amides is 4. The second kappa shape index (κ2) is 13.3. The van der Waals surface area contributed by atoms with Gasteiger partial charge in [-0.3, -0.25) is 9.59 Å². The van der Waals surface area contributed by atoms with Crippen molar-refractivity contribution in [2.24, 2.45) is 0 Å². The highest BCUT2D eigenvalue weighted by Crippen LogP contribution is 2.43. The van der Waals surface area contributed by atoms with E-state index in [0.717, 1.165) is 5.56 Å². The van der Waals surface area contributed by atoms with Gasteiger partial charge in [-0.2, -0.15) is 0 Å². The quantitative estimate of drug-likeness (QED) is 0.274. The number of nitrogens with zero attached hydrogens (tertiary/aromatic N) is 1. The summed E-state index contributed by atoms with van der Waals surface area (Å²) in [4.78, 5) is 42.7. The van der Waals surface area contributed by atoms with E-state index in [4.69, 9.17) is 14.2 Å². The van der Waals surface area contributed by atoms with Crippen molar-refractivity contribution in [2.45, 2.75) is 39.0 Å². The van der Waals surface area contributed by atoms with Crippen LogP contribution in [0.3, 0.4) is 0 Å². The Balaban J connectivity index is 1.69. The van der Waals surface area contributed by atoms with E-state index in [-0.39, 0.29) is 13.0 Å². The molecule has 3 N–H and O–H groups in total. The van der Waals surface area contributed by atoms with Gasteiger partial charge in [0.25, 0.3) is 5.91 Å². The average Bonchev–Trinajstić information content (AvgIpc) is 3.17. The fourth-order valence-electron chi connectivity index (χ4n) is 4.86. The van der Waals surface area contributed by atoms with Crippen LogP contribution in [0.4, 0.5) is 21.9 Å². The van der Waals surface area contributed by atoms with E-state index < -0.39 is 29.7 Å². The molecular weight excluding hydrogens is 524 g/mol. The molecule has 0 bridgehead atoms. The molecule has 4 rings (SSSR count). The van der Waals surface area contributed by atoms with Gasteiger partial charge in [-0.05, 0) is 51.1 Å². The van der Waals surface area contributed by atoms with Crippen molar-refractivity contribution in [1.29, 1.82) is 0 Å². The van der Waals surface area contributed by atoms with Gasteiger partial charge in [0.15, 0.2) is 11.8 Å². The number of ether oxygens (including phenoxy) is 3. The van der Waals surface area contributed by atoms with E-state index >= 15 is 0 Å². The maximum absolute atomic E-state index is 14.3. The lowest BCUT2D eigenvalue weighted by Gasteiger charge is -2.30. The Kier molecular flexibility index (Phi) is 9.59. The number of fused-ring (bicyclic) bond motifs is 1. The largest absolute Gasteiger partial charge is 0.497 e. The van der Waals surface area contributed by atoms with Crippen molar-refractivity contribution < 1.29 is 28.6 Å². The van der Waals surface area contributed by atoms with Crippen molar-refractivity contribution in [3.8, 4) is 5.75 Å². The van der Waals surface area contributed by atoms with Gasteiger partial charge < -0.3 is 35.1 Å². The molecule has 1 atom stereocenters. The molecule has 10 nitrogen and oxygen atoms in total. The zero-order valence-corrected chi connectivity index (χ0v) is 23.7. The highest BCUT2D eigenvalue weighted by atomic mass is 16.7. The number of carbonyl (C=O) groups excluding carboxylic acids is 3. The average molecular weight is 561 g/mol. The lowest BCUT2D eigenvalue weighted by atomic mass is 9.87. The standard InChI is InChI=1S/C31H36N4O6/c1-5-40-28(41-6-2)20-35-26-13-8-7-12-25(26)31(29(35)37,34-30(38)33-22-16-14-21(3)15-17-22)19-27(36)32-23-10-9-11-24(18-23)39-4/h7-18,28H,5-6,19-20H2,1-4H3,(H,32,36)(H2,33,34,38)/t31-/m0/s1. The van der Waals surface area contributed by atoms with Crippen LogP contribution in [-0.2, 0) is 24.6 Å². The summed E-state index contributed by atoms with van der Waals surface area (Å²) in [6.45, 7) is 6.49. The van der Waals surface area contributed by atoms with Crippen molar-refractivity contribution in [2.75, 3.05) is 42.4 Å². The molecule has 0 aromatic heterocycles. The van der Waals surface area contributed by atoms with Crippen LogP contribution in [0.1, 0.15) is 31.4 Å². The fraction of sp³-hybridized carbons (Fsp3) is 0.323. The van der Waals surface area contributed by atoms with Gasteiger partial charge in [0.2, 0.25) is 5.91 Å². The summed E-state index contributed by atoms with van der Waals surface area (Å²) < 4.78 is 16.7. The van der Waals surface area contributed by atoms with Crippen LogP contribution >= 0.6 is 0 Å². The van der Waals surface area contributed by atoms with Crippen molar-refractivity contribution in [1.82, 2.24) is 5.32 Å². The number of urea groups is 1. The Morgan fingerprint density at radius 1 is 0.902 bits per heavy atom. The zero-order chi connectivity index (χ0) is 29.4. The van der Waals surface area contributed by atoms with Gasteiger partial charge >= 0.3 is 6.03 Å². The van der Waals surface area contributed by atoms with Crippen LogP contribution < -0.4 is 25.6 Å². The molecule has 3 aromatic carbocycles. The smallest absolute Gasteiger partial charge is 0.320 e.